The van der Waals surface area contributed by atoms with Crippen LogP contribution in [0.3, 0.4) is 0 Å². The lowest BCUT2D eigenvalue weighted by molar-refractivity contribution is -0.422. The highest BCUT2D eigenvalue weighted by Gasteiger charge is 2.31. The van der Waals surface area contributed by atoms with Gasteiger partial charge in [-0.1, -0.05) is 6.07 Å². The molecule has 0 aliphatic heterocycles. The van der Waals surface area contributed by atoms with E-state index in [1.165, 1.54) is 0 Å². The molecule has 0 atom stereocenters. The van der Waals surface area contributed by atoms with Gasteiger partial charge >= 0.3 is 17.3 Å². The van der Waals surface area contributed by atoms with Crippen LogP contribution in [-0.4, -0.2) is 33.4 Å². The summed E-state index contributed by atoms with van der Waals surface area (Å²) in [6.07, 6.45) is 0. The zero-order chi connectivity index (χ0) is 15.3. The van der Waals surface area contributed by atoms with Gasteiger partial charge in [0.25, 0.3) is 5.91 Å². The van der Waals surface area contributed by atoms with E-state index in [0.717, 1.165) is 18.2 Å². The molecule has 0 fully saturated rings. The van der Waals surface area contributed by atoms with Crippen LogP contribution in [0, 0.1) is 20.2 Å². The molecule has 0 unspecified atom stereocenters. The number of nitrogens with zero attached hydrogens (tertiary/aromatic N) is 2. The van der Waals surface area contributed by atoms with Crippen molar-refractivity contribution < 1.29 is 24.5 Å². The minimum absolute atomic E-state index is 0.554. The van der Waals surface area contributed by atoms with Crippen molar-refractivity contribution in [1.82, 2.24) is 10.9 Å². The summed E-state index contributed by atoms with van der Waals surface area (Å²) >= 11 is 0. The van der Waals surface area contributed by atoms with Gasteiger partial charge in [0.05, 0.1) is 9.85 Å². The first-order valence-electron chi connectivity index (χ1n) is 5.01. The summed E-state index contributed by atoms with van der Waals surface area (Å²) in [5.41, 5.74) is 1.55. The first-order chi connectivity index (χ1) is 9.34. The number of hydrazine groups is 1. The number of aliphatic carboxylic acids is 1. The normalized spacial score (nSPS) is 9.80. The molecule has 11 nitrogen and oxygen atoms in total. The molecule has 0 spiro atoms. The van der Waals surface area contributed by atoms with Crippen LogP contribution in [-0.2, 0) is 4.79 Å². The number of hydrogen-bond donors (Lipinski definition) is 3. The molecule has 0 saturated carbocycles. The molecule has 0 aromatic heterocycles. The summed E-state index contributed by atoms with van der Waals surface area (Å²) in [7, 11) is 0. The number of rotatable bonds is 6. The SMILES string of the molecule is O=C(O)CNNC(=O)c1cccc([N+](=O)[O-])c1[N+](=O)[O-]. The third-order valence-electron chi connectivity index (χ3n) is 2.08. The zero-order valence-electron chi connectivity index (χ0n) is 9.73. The minimum atomic E-state index is -1.26. The van der Waals surface area contributed by atoms with Gasteiger partial charge in [0.2, 0.25) is 0 Å². The van der Waals surface area contributed by atoms with Gasteiger partial charge in [0.1, 0.15) is 12.1 Å². The smallest absolute Gasteiger partial charge is 0.358 e. The van der Waals surface area contributed by atoms with Crippen molar-refractivity contribution >= 4 is 23.3 Å². The highest BCUT2D eigenvalue weighted by atomic mass is 16.6. The maximum absolute atomic E-state index is 11.6. The largest absolute Gasteiger partial charge is 0.480 e. The van der Waals surface area contributed by atoms with E-state index in [2.05, 4.69) is 0 Å². The van der Waals surface area contributed by atoms with E-state index < -0.39 is 45.2 Å². The molecule has 0 aliphatic rings. The Morgan fingerprint density at radius 1 is 1.20 bits per heavy atom. The molecule has 0 heterocycles. The topological polar surface area (TPSA) is 165 Å². The number of para-hydroxylation sites is 1. The Kier molecular flexibility index (Phi) is 4.64. The van der Waals surface area contributed by atoms with Crippen molar-refractivity contribution in [2.24, 2.45) is 0 Å². The number of carboxylic acids is 1. The molecule has 0 radical (unpaired) electrons. The van der Waals surface area contributed by atoms with Gasteiger partial charge in [-0.3, -0.25) is 35.2 Å². The second-order valence-corrected chi connectivity index (χ2v) is 3.39. The molecule has 1 rings (SSSR count). The molecule has 3 N–H and O–H groups in total. The monoisotopic (exact) mass is 284 g/mol. The lowest BCUT2D eigenvalue weighted by Crippen LogP contribution is -2.40. The average Bonchev–Trinajstić information content (AvgIpc) is 2.36. The van der Waals surface area contributed by atoms with Crippen LogP contribution in [0.15, 0.2) is 18.2 Å². The third kappa shape index (κ3) is 3.46. The fraction of sp³-hybridized carbons (Fsp3) is 0.111. The Balaban J connectivity index is 3.08. The van der Waals surface area contributed by atoms with Crippen LogP contribution in [0.5, 0.6) is 0 Å². The summed E-state index contributed by atoms with van der Waals surface area (Å²) in [6, 6.07) is 3.01. The van der Waals surface area contributed by atoms with Crippen molar-refractivity contribution in [1.29, 1.82) is 0 Å². The maximum Gasteiger partial charge on any atom is 0.358 e. The van der Waals surface area contributed by atoms with Gasteiger partial charge in [-0.05, 0) is 6.07 Å². The number of carbonyl (C=O) groups is 2. The molecule has 1 aromatic rings. The number of nitro benzene ring substituents is 2. The molecule has 1 amide bonds. The van der Waals surface area contributed by atoms with Crippen LogP contribution >= 0.6 is 0 Å². The van der Waals surface area contributed by atoms with Gasteiger partial charge in [0.15, 0.2) is 0 Å². The van der Waals surface area contributed by atoms with Gasteiger partial charge in [-0.25, -0.2) is 5.43 Å². The number of benzene rings is 1. The lowest BCUT2D eigenvalue weighted by atomic mass is 10.1. The lowest BCUT2D eigenvalue weighted by Gasteiger charge is -2.05. The maximum atomic E-state index is 11.6. The Hall–Kier alpha value is -3.08. The van der Waals surface area contributed by atoms with Crippen molar-refractivity contribution in [3.63, 3.8) is 0 Å². The predicted octanol–water partition coefficient (Wildman–Crippen LogP) is -0.178. The van der Waals surface area contributed by atoms with Crippen LogP contribution < -0.4 is 10.9 Å². The molecule has 11 heteroatoms. The molecule has 1 aromatic carbocycles. The molecule has 0 aliphatic carbocycles. The first kappa shape index (κ1) is 15.0. The quantitative estimate of drug-likeness (QED) is 0.478. The number of nitrogens with one attached hydrogen (secondary N) is 2. The van der Waals surface area contributed by atoms with Gasteiger partial charge < -0.3 is 5.11 Å². The van der Waals surface area contributed by atoms with E-state index in [-0.39, 0.29) is 0 Å². The van der Waals surface area contributed by atoms with Crippen LogP contribution in [0.2, 0.25) is 0 Å². The van der Waals surface area contributed by atoms with Crippen LogP contribution in [0.4, 0.5) is 11.4 Å². The summed E-state index contributed by atoms with van der Waals surface area (Å²) in [4.78, 5) is 41.3. The Morgan fingerprint density at radius 3 is 2.35 bits per heavy atom. The highest BCUT2D eigenvalue weighted by Crippen LogP contribution is 2.30. The molecule has 20 heavy (non-hydrogen) atoms. The second kappa shape index (κ2) is 6.19. The number of carbonyl (C=O) groups excluding carboxylic acids is 1. The Bertz CT molecular complexity index is 586. The van der Waals surface area contributed by atoms with Crippen LogP contribution in [0.1, 0.15) is 10.4 Å². The molecule has 0 bridgehead atoms. The Morgan fingerprint density at radius 2 is 1.85 bits per heavy atom. The van der Waals surface area contributed by atoms with E-state index in [1.54, 1.807) is 0 Å². The van der Waals surface area contributed by atoms with Crippen molar-refractivity contribution in [3.8, 4) is 0 Å². The number of amides is 1. The van der Waals surface area contributed by atoms with E-state index in [9.17, 15) is 29.8 Å². The van der Waals surface area contributed by atoms with Gasteiger partial charge in [-0.2, -0.15) is 0 Å². The second-order valence-electron chi connectivity index (χ2n) is 3.39. The fourth-order valence-corrected chi connectivity index (χ4v) is 1.32. The summed E-state index contributed by atoms with van der Waals surface area (Å²) in [5, 5.41) is 29.9. The third-order valence-corrected chi connectivity index (χ3v) is 2.08. The van der Waals surface area contributed by atoms with E-state index in [4.69, 9.17) is 5.11 Å². The molecular weight excluding hydrogens is 276 g/mol. The van der Waals surface area contributed by atoms with E-state index in [1.807, 2.05) is 10.9 Å². The van der Waals surface area contributed by atoms with Crippen LogP contribution in [0.25, 0.3) is 0 Å². The fourth-order valence-electron chi connectivity index (χ4n) is 1.32. The van der Waals surface area contributed by atoms with E-state index in [0.29, 0.717) is 0 Å². The number of hydrogen-bond acceptors (Lipinski definition) is 7. The molecule has 106 valence electrons. The molecular formula is C9H8N4O7. The summed E-state index contributed by atoms with van der Waals surface area (Å²) in [6.45, 7) is -0.617. The van der Waals surface area contributed by atoms with E-state index >= 15 is 0 Å². The van der Waals surface area contributed by atoms with Crippen molar-refractivity contribution in [2.45, 2.75) is 0 Å². The first-order valence-corrected chi connectivity index (χ1v) is 5.01. The van der Waals surface area contributed by atoms with Gasteiger partial charge in [0, 0.05) is 6.07 Å². The van der Waals surface area contributed by atoms with Crippen molar-refractivity contribution in [3.05, 3.63) is 44.0 Å². The summed E-state index contributed by atoms with van der Waals surface area (Å²) < 4.78 is 0. The predicted molar refractivity (Wildman–Crippen MR) is 62.9 cm³/mol. The zero-order valence-corrected chi connectivity index (χ0v) is 9.73. The van der Waals surface area contributed by atoms with Gasteiger partial charge in [-0.15, -0.1) is 0 Å². The average molecular weight is 284 g/mol. The standard InChI is InChI=1S/C9H8N4O7/c14-7(15)4-10-11-9(16)5-2-1-3-6(12(17)18)8(5)13(19)20/h1-3,10H,4H2,(H,11,16)(H,14,15). The van der Waals surface area contributed by atoms with Crippen molar-refractivity contribution in [2.75, 3.05) is 6.54 Å². The molecule has 0 saturated heterocycles. The number of carboxylic acid groups (broad SMARTS) is 1. The minimum Gasteiger partial charge on any atom is -0.480 e. The highest BCUT2D eigenvalue weighted by molar-refractivity contribution is 5.99. The summed E-state index contributed by atoms with van der Waals surface area (Å²) in [5.74, 6) is -2.32. The number of nitro groups is 2. The Labute approximate surface area is 110 Å².